The predicted molar refractivity (Wildman–Crippen MR) is 89.6 cm³/mol. The van der Waals surface area contributed by atoms with Crippen LogP contribution in [0.15, 0.2) is 48.5 Å². The monoisotopic (exact) mass is 299 g/mol. The molecule has 1 fully saturated rings. The highest BCUT2D eigenvalue weighted by molar-refractivity contribution is 6.30. The second kappa shape index (κ2) is 6.21. The lowest BCUT2D eigenvalue weighted by molar-refractivity contribution is 0.427. The number of benzene rings is 2. The van der Waals surface area contributed by atoms with E-state index in [1.165, 1.54) is 29.5 Å². The van der Waals surface area contributed by atoms with E-state index in [0.29, 0.717) is 12.1 Å². The van der Waals surface area contributed by atoms with Gasteiger partial charge in [0.25, 0.3) is 0 Å². The number of halogens is 1. The van der Waals surface area contributed by atoms with Crippen LogP contribution in [0, 0.1) is 12.8 Å². The third-order valence-corrected chi connectivity index (χ3v) is 4.54. The summed E-state index contributed by atoms with van der Waals surface area (Å²) in [5.74, 6) is 0.773. The molecule has 0 saturated heterocycles. The van der Waals surface area contributed by atoms with Crippen molar-refractivity contribution in [3.05, 3.63) is 70.2 Å². The van der Waals surface area contributed by atoms with Crippen molar-refractivity contribution < 1.29 is 0 Å². The molecule has 21 heavy (non-hydrogen) atoms. The Bertz CT molecular complexity index is 601. The molecule has 0 aliphatic heterocycles. The molecule has 1 unspecified atom stereocenters. The van der Waals surface area contributed by atoms with Gasteiger partial charge in [-0.05, 0) is 55.9 Å². The van der Waals surface area contributed by atoms with E-state index in [0.717, 1.165) is 10.9 Å². The molecule has 2 aromatic rings. The van der Waals surface area contributed by atoms with E-state index >= 15 is 0 Å². The standard InChI is InChI=1S/C19H22ClN/c1-13-6-8-15(9-7-13)19(16-10-11-16)21-14(2)17-4-3-5-18(20)12-17/h3-9,12,14,16,19,21H,10-11H2,1-2H3/t14-,19?/m1/s1. The van der Waals surface area contributed by atoms with Gasteiger partial charge in [0.15, 0.2) is 0 Å². The first-order valence-corrected chi connectivity index (χ1v) is 8.09. The van der Waals surface area contributed by atoms with Gasteiger partial charge in [-0.2, -0.15) is 0 Å². The lowest BCUT2D eigenvalue weighted by Gasteiger charge is -2.24. The Morgan fingerprint density at radius 2 is 1.76 bits per heavy atom. The van der Waals surface area contributed by atoms with Crippen molar-refractivity contribution in [3.63, 3.8) is 0 Å². The van der Waals surface area contributed by atoms with Gasteiger partial charge in [-0.3, -0.25) is 0 Å². The van der Waals surface area contributed by atoms with Gasteiger partial charge >= 0.3 is 0 Å². The van der Waals surface area contributed by atoms with Crippen LogP contribution in [0.5, 0.6) is 0 Å². The van der Waals surface area contributed by atoms with Crippen molar-refractivity contribution in [2.75, 3.05) is 0 Å². The maximum Gasteiger partial charge on any atom is 0.0409 e. The molecule has 2 aromatic carbocycles. The van der Waals surface area contributed by atoms with Gasteiger partial charge in [0.05, 0.1) is 0 Å². The first kappa shape index (κ1) is 14.6. The summed E-state index contributed by atoms with van der Waals surface area (Å²) in [6, 6.07) is 17.8. The summed E-state index contributed by atoms with van der Waals surface area (Å²) < 4.78 is 0. The molecule has 1 aliphatic rings. The van der Waals surface area contributed by atoms with E-state index < -0.39 is 0 Å². The van der Waals surface area contributed by atoms with Crippen LogP contribution < -0.4 is 5.32 Å². The number of hydrogen-bond donors (Lipinski definition) is 1. The molecule has 110 valence electrons. The summed E-state index contributed by atoms with van der Waals surface area (Å²) in [4.78, 5) is 0. The predicted octanol–water partition coefficient (Wildman–Crippen LogP) is 5.45. The van der Waals surface area contributed by atoms with Gasteiger partial charge in [0, 0.05) is 17.1 Å². The molecular formula is C19H22ClN. The zero-order chi connectivity index (χ0) is 14.8. The van der Waals surface area contributed by atoms with Crippen LogP contribution in [-0.2, 0) is 0 Å². The Morgan fingerprint density at radius 3 is 2.38 bits per heavy atom. The molecule has 1 nitrogen and oxygen atoms in total. The van der Waals surface area contributed by atoms with Crippen molar-refractivity contribution in [2.24, 2.45) is 5.92 Å². The van der Waals surface area contributed by atoms with E-state index in [2.05, 4.69) is 55.6 Å². The highest BCUT2D eigenvalue weighted by Crippen LogP contribution is 2.42. The molecular weight excluding hydrogens is 278 g/mol. The van der Waals surface area contributed by atoms with Gasteiger partial charge < -0.3 is 5.32 Å². The van der Waals surface area contributed by atoms with Crippen molar-refractivity contribution in [1.29, 1.82) is 0 Å². The molecule has 2 atom stereocenters. The largest absolute Gasteiger partial charge is 0.303 e. The van der Waals surface area contributed by atoms with Crippen LogP contribution in [-0.4, -0.2) is 0 Å². The van der Waals surface area contributed by atoms with Crippen LogP contribution in [0.3, 0.4) is 0 Å². The average molecular weight is 300 g/mol. The third kappa shape index (κ3) is 3.66. The summed E-state index contributed by atoms with van der Waals surface area (Å²) in [5.41, 5.74) is 3.97. The zero-order valence-electron chi connectivity index (χ0n) is 12.6. The Morgan fingerprint density at radius 1 is 1.05 bits per heavy atom. The second-order valence-corrected chi connectivity index (χ2v) is 6.61. The van der Waals surface area contributed by atoms with Gasteiger partial charge in [-0.25, -0.2) is 0 Å². The zero-order valence-corrected chi connectivity index (χ0v) is 13.4. The lowest BCUT2D eigenvalue weighted by atomic mass is 9.98. The first-order chi connectivity index (χ1) is 10.1. The van der Waals surface area contributed by atoms with Crippen molar-refractivity contribution in [3.8, 4) is 0 Å². The normalized spacial score (nSPS) is 17.5. The quantitative estimate of drug-likeness (QED) is 0.774. The van der Waals surface area contributed by atoms with Crippen LogP contribution in [0.2, 0.25) is 5.02 Å². The van der Waals surface area contributed by atoms with Crippen molar-refractivity contribution in [2.45, 2.75) is 38.8 Å². The SMILES string of the molecule is Cc1ccc(C(N[C@H](C)c2cccc(Cl)c2)C2CC2)cc1. The molecule has 2 heteroatoms. The first-order valence-electron chi connectivity index (χ1n) is 7.71. The third-order valence-electron chi connectivity index (χ3n) is 4.31. The van der Waals surface area contributed by atoms with Crippen molar-refractivity contribution in [1.82, 2.24) is 5.32 Å². The summed E-state index contributed by atoms with van der Waals surface area (Å²) in [7, 11) is 0. The topological polar surface area (TPSA) is 12.0 Å². The van der Waals surface area contributed by atoms with Gasteiger partial charge in [0.1, 0.15) is 0 Å². The molecule has 0 amide bonds. The Kier molecular flexibility index (Phi) is 4.32. The van der Waals surface area contributed by atoms with Gasteiger partial charge in [0.2, 0.25) is 0 Å². The van der Waals surface area contributed by atoms with Crippen LogP contribution in [0.4, 0.5) is 0 Å². The number of nitrogens with one attached hydrogen (secondary N) is 1. The van der Waals surface area contributed by atoms with E-state index in [1.807, 2.05) is 12.1 Å². The Balaban J connectivity index is 1.77. The molecule has 1 N–H and O–H groups in total. The lowest BCUT2D eigenvalue weighted by Crippen LogP contribution is -2.26. The maximum atomic E-state index is 6.11. The van der Waals surface area contributed by atoms with Gasteiger partial charge in [-0.1, -0.05) is 53.6 Å². The Hall–Kier alpha value is -1.31. The van der Waals surface area contributed by atoms with E-state index in [-0.39, 0.29) is 0 Å². The summed E-state index contributed by atoms with van der Waals surface area (Å²) in [5, 5.41) is 4.60. The van der Waals surface area contributed by atoms with Gasteiger partial charge in [-0.15, -0.1) is 0 Å². The number of hydrogen-bond acceptors (Lipinski definition) is 1. The fraction of sp³-hybridized carbons (Fsp3) is 0.368. The van der Waals surface area contributed by atoms with Crippen LogP contribution in [0.1, 0.15) is 48.5 Å². The molecule has 0 radical (unpaired) electrons. The maximum absolute atomic E-state index is 6.11. The van der Waals surface area contributed by atoms with Crippen LogP contribution in [0.25, 0.3) is 0 Å². The highest BCUT2D eigenvalue weighted by atomic mass is 35.5. The molecule has 0 spiro atoms. The number of rotatable bonds is 5. The minimum atomic E-state index is 0.301. The minimum Gasteiger partial charge on any atom is -0.303 e. The van der Waals surface area contributed by atoms with E-state index in [9.17, 15) is 0 Å². The highest BCUT2D eigenvalue weighted by Gasteiger charge is 2.33. The molecule has 3 rings (SSSR count). The summed E-state index contributed by atoms with van der Waals surface area (Å²) in [6.45, 7) is 4.35. The Labute approximate surface area is 132 Å². The van der Waals surface area contributed by atoms with Crippen molar-refractivity contribution >= 4 is 11.6 Å². The van der Waals surface area contributed by atoms with E-state index in [4.69, 9.17) is 11.6 Å². The minimum absolute atomic E-state index is 0.301. The molecule has 0 heterocycles. The number of aryl methyl sites for hydroxylation is 1. The molecule has 0 bridgehead atoms. The fourth-order valence-corrected chi connectivity index (χ4v) is 3.05. The molecule has 0 aromatic heterocycles. The van der Waals surface area contributed by atoms with Crippen LogP contribution >= 0.6 is 11.6 Å². The molecule has 1 saturated carbocycles. The second-order valence-electron chi connectivity index (χ2n) is 6.17. The summed E-state index contributed by atoms with van der Waals surface area (Å²) in [6.07, 6.45) is 2.65. The average Bonchev–Trinajstić information content (AvgIpc) is 3.30. The summed E-state index contributed by atoms with van der Waals surface area (Å²) >= 11 is 6.11. The molecule has 1 aliphatic carbocycles. The fourth-order valence-electron chi connectivity index (χ4n) is 2.85. The van der Waals surface area contributed by atoms with E-state index in [1.54, 1.807) is 0 Å². The smallest absolute Gasteiger partial charge is 0.0409 e.